The van der Waals surface area contributed by atoms with Gasteiger partial charge in [-0.3, -0.25) is 4.79 Å². The number of amides is 1. The van der Waals surface area contributed by atoms with Crippen molar-refractivity contribution in [2.24, 2.45) is 4.99 Å². The van der Waals surface area contributed by atoms with E-state index in [1.54, 1.807) is 19.1 Å². The lowest BCUT2D eigenvalue weighted by Crippen LogP contribution is -2.38. The Morgan fingerprint density at radius 1 is 1.23 bits per heavy atom. The fourth-order valence-corrected chi connectivity index (χ4v) is 4.31. The molecular weight excluding hydrogens is 402 g/mol. The zero-order chi connectivity index (χ0) is 21.7. The van der Waals surface area contributed by atoms with Gasteiger partial charge >= 0.3 is 5.97 Å². The fourth-order valence-electron chi connectivity index (χ4n) is 3.34. The Hall–Kier alpha value is -2.58. The minimum atomic E-state index is -0.422. The summed E-state index contributed by atoms with van der Waals surface area (Å²) in [5.74, 6) is -0.401. The Kier molecular flexibility index (Phi) is 7.33. The van der Waals surface area contributed by atoms with Crippen LogP contribution in [0.5, 0.6) is 0 Å². The van der Waals surface area contributed by atoms with Gasteiger partial charge in [-0.25, -0.2) is 9.79 Å². The number of carbonyl (C=O) groups is 2. The van der Waals surface area contributed by atoms with E-state index in [9.17, 15) is 9.59 Å². The number of hydrogen-bond acceptors (Lipinski definition) is 7. The molecule has 30 heavy (non-hydrogen) atoms. The SMILES string of the molecule is CCN(C)C(=O)CC1=CSC2=NC(C)=C(C(=O)OCCOC)C(c3ccccc3)N12. The molecule has 1 amide bonds. The summed E-state index contributed by atoms with van der Waals surface area (Å²) in [6.45, 7) is 4.89. The maximum atomic E-state index is 13.0. The van der Waals surface area contributed by atoms with Crippen LogP contribution in [0.1, 0.15) is 31.9 Å². The number of methoxy groups -OCH3 is 1. The molecule has 0 spiro atoms. The van der Waals surface area contributed by atoms with Crippen molar-refractivity contribution in [2.45, 2.75) is 26.3 Å². The molecule has 1 aromatic rings. The van der Waals surface area contributed by atoms with Crippen molar-refractivity contribution >= 4 is 28.8 Å². The second kappa shape index (κ2) is 9.95. The number of rotatable bonds is 8. The van der Waals surface area contributed by atoms with Gasteiger partial charge in [-0.1, -0.05) is 42.1 Å². The zero-order valence-electron chi connectivity index (χ0n) is 17.8. The first kappa shape index (κ1) is 22.1. The van der Waals surface area contributed by atoms with Gasteiger partial charge in [-0.15, -0.1) is 0 Å². The van der Waals surface area contributed by atoms with Crippen molar-refractivity contribution in [3.63, 3.8) is 0 Å². The van der Waals surface area contributed by atoms with Crippen LogP contribution in [0.3, 0.4) is 0 Å². The lowest BCUT2D eigenvalue weighted by molar-refractivity contribution is -0.141. The molecule has 1 aromatic carbocycles. The van der Waals surface area contributed by atoms with Crippen molar-refractivity contribution in [3.8, 4) is 0 Å². The maximum Gasteiger partial charge on any atom is 0.338 e. The number of carbonyl (C=O) groups excluding carboxylic acids is 2. The standard InChI is InChI=1S/C22H27N3O4S/c1-5-24(3)18(26)13-17-14-30-22-23-15(2)19(21(27)29-12-11-28-4)20(25(17)22)16-9-7-6-8-10-16/h6-10,14,20H,5,11-13H2,1-4H3. The van der Waals surface area contributed by atoms with Gasteiger partial charge in [0.2, 0.25) is 5.91 Å². The summed E-state index contributed by atoms with van der Waals surface area (Å²) in [6, 6.07) is 9.35. The molecule has 0 saturated carbocycles. The lowest BCUT2D eigenvalue weighted by atomic mass is 9.94. The quantitative estimate of drug-likeness (QED) is 0.466. The lowest BCUT2D eigenvalue weighted by Gasteiger charge is -2.36. The summed E-state index contributed by atoms with van der Waals surface area (Å²) in [5, 5.41) is 2.71. The maximum absolute atomic E-state index is 13.0. The van der Waals surface area contributed by atoms with E-state index < -0.39 is 12.0 Å². The van der Waals surface area contributed by atoms with E-state index >= 15 is 0 Å². The summed E-state index contributed by atoms with van der Waals surface area (Å²) < 4.78 is 10.4. The average molecular weight is 430 g/mol. The van der Waals surface area contributed by atoms with E-state index in [1.807, 2.05) is 54.5 Å². The monoisotopic (exact) mass is 429 g/mol. The largest absolute Gasteiger partial charge is 0.460 e. The number of benzene rings is 1. The summed E-state index contributed by atoms with van der Waals surface area (Å²) in [4.78, 5) is 33.9. The number of thioether (sulfide) groups is 1. The first-order chi connectivity index (χ1) is 14.5. The molecule has 0 aromatic heterocycles. The Morgan fingerprint density at radius 2 is 1.97 bits per heavy atom. The van der Waals surface area contributed by atoms with Gasteiger partial charge < -0.3 is 19.3 Å². The van der Waals surface area contributed by atoms with Gasteiger partial charge in [-0.05, 0) is 24.8 Å². The van der Waals surface area contributed by atoms with Crippen LogP contribution in [0.25, 0.3) is 0 Å². The van der Waals surface area contributed by atoms with Crippen LogP contribution in [0, 0.1) is 0 Å². The summed E-state index contributed by atoms with van der Waals surface area (Å²) in [7, 11) is 3.35. The third-order valence-corrected chi connectivity index (χ3v) is 5.98. The second-order valence-corrected chi connectivity index (χ2v) is 7.85. The van der Waals surface area contributed by atoms with Crippen molar-refractivity contribution in [1.29, 1.82) is 0 Å². The normalized spacial score (nSPS) is 18.0. The van der Waals surface area contributed by atoms with Gasteiger partial charge in [0.05, 0.1) is 30.3 Å². The van der Waals surface area contributed by atoms with Gasteiger partial charge in [0, 0.05) is 26.4 Å². The Morgan fingerprint density at radius 3 is 2.63 bits per heavy atom. The van der Waals surface area contributed by atoms with Crippen molar-refractivity contribution in [3.05, 3.63) is 58.3 Å². The van der Waals surface area contributed by atoms with E-state index in [4.69, 9.17) is 9.47 Å². The molecule has 0 saturated heterocycles. The molecular formula is C22H27N3O4S. The van der Waals surface area contributed by atoms with Crippen molar-refractivity contribution in [2.75, 3.05) is 33.9 Å². The molecule has 160 valence electrons. The van der Waals surface area contributed by atoms with Gasteiger partial charge in [0.25, 0.3) is 0 Å². The van der Waals surface area contributed by atoms with Gasteiger partial charge in [0.1, 0.15) is 6.61 Å². The molecule has 3 rings (SSSR count). The van der Waals surface area contributed by atoms with Crippen LogP contribution < -0.4 is 0 Å². The van der Waals surface area contributed by atoms with Crippen LogP contribution in [-0.2, 0) is 19.1 Å². The van der Waals surface area contributed by atoms with Crippen LogP contribution in [0.4, 0.5) is 0 Å². The highest BCUT2D eigenvalue weighted by molar-refractivity contribution is 8.16. The van der Waals surface area contributed by atoms with E-state index in [1.165, 1.54) is 11.8 Å². The van der Waals surface area contributed by atoms with Gasteiger partial charge in [-0.2, -0.15) is 0 Å². The fraction of sp³-hybridized carbons (Fsp3) is 0.409. The van der Waals surface area contributed by atoms with Crippen LogP contribution in [0.2, 0.25) is 0 Å². The highest BCUT2D eigenvalue weighted by Gasteiger charge is 2.41. The van der Waals surface area contributed by atoms with E-state index in [-0.39, 0.29) is 18.9 Å². The van der Waals surface area contributed by atoms with E-state index in [0.717, 1.165) is 16.4 Å². The van der Waals surface area contributed by atoms with E-state index in [2.05, 4.69) is 4.99 Å². The molecule has 0 N–H and O–H groups in total. The predicted octanol–water partition coefficient (Wildman–Crippen LogP) is 3.32. The topological polar surface area (TPSA) is 71.4 Å². The van der Waals surface area contributed by atoms with Crippen LogP contribution in [0.15, 0.2) is 57.7 Å². The molecule has 0 aliphatic carbocycles. The molecule has 7 nitrogen and oxygen atoms in total. The molecule has 0 fully saturated rings. The summed E-state index contributed by atoms with van der Waals surface area (Å²) in [5.41, 5.74) is 2.86. The molecule has 0 bridgehead atoms. The minimum absolute atomic E-state index is 0.0212. The van der Waals surface area contributed by atoms with Gasteiger partial charge in [0.15, 0.2) is 5.17 Å². The second-order valence-electron chi connectivity index (χ2n) is 7.02. The number of hydrogen-bond donors (Lipinski definition) is 0. The molecule has 2 aliphatic heterocycles. The molecule has 1 unspecified atom stereocenters. The van der Waals surface area contributed by atoms with Crippen molar-refractivity contribution < 1.29 is 19.1 Å². The summed E-state index contributed by atoms with van der Waals surface area (Å²) >= 11 is 1.47. The smallest absolute Gasteiger partial charge is 0.338 e. The first-order valence-corrected chi connectivity index (χ1v) is 10.7. The van der Waals surface area contributed by atoms with E-state index in [0.29, 0.717) is 24.4 Å². The Bertz CT molecular complexity index is 895. The highest BCUT2D eigenvalue weighted by atomic mass is 32.2. The molecule has 8 heteroatoms. The molecule has 0 radical (unpaired) electrons. The number of fused-ring (bicyclic) bond motifs is 1. The number of nitrogens with zero attached hydrogens (tertiary/aromatic N) is 3. The first-order valence-electron chi connectivity index (χ1n) is 9.87. The third-order valence-electron chi connectivity index (χ3n) is 5.09. The minimum Gasteiger partial charge on any atom is -0.460 e. The molecule has 2 aliphatic rings. The average Bonchev–Trinajstić information content (AvgIpc) is 3.14. The predicted molar refractivity (Wildman–Crippen MR) is 118 cm³/mol. The molecule has 1 atom stereocenters. The Labute approximate surface area is 181 Å². The number of esters is 1. The summed E-state index contributed by atoms with van der Waals surface area (Å²) in [6.07, 6.45) is 0.241. The number of aliphatic imine (C=N–C) groups is 1. The van der Waals surface area contributed by atoms with Crippen LogP contribution in [-0.4, -0.2) is 60.8 Å². The zero-order valence-corrected chi connectivity index (χ0v) is 18.6. The third kappa shape index (κ3) is 4.60. The Balaban J connectivity index is 1.98. The molecule has 2 heterocycles. The van der Waals surface area contributed by atoms with Crippen LogP contribution >= 0.6 is 11.8 Å². The number of allylic oxidation sites excluding steroid dienone is 1. The number of amidine groups is 1. The highest BCUT2D eigenvalue weighted by Crippen LogP contribution is 2.44. The van der Waals surface area contributed by atoms with Crippen molar-refractivity contribution in [1.82, 2.24) is 9.80 Å². The number of ether oxygens (including phenoxy) is 2.